The van der Waals surface area contributed by atoms with Crippen molar-refractivity contribution in [3.63, 3.8) is 0 Å². The summed E-state index contributed by atoms with van der Waals surface area (Å²) >= 11 is 0. The third-order valence-electron chi connectivity index (χ3n) is 4.48. The van der Waals surface area contributed by atoms with Crippen LogP contribution in [-0.2, 0) is 0 Å². The maximum absolute atomic E-state index is 5.57. The molecule has 0 aliphatic rings. The lowest BCUT2D eigenvalue weighted by Gasteiger charge is -2.08. The lowest BCUT2D eigenvalue weighted by Crippen LogP contribution is -1.89. The Kier molecular flexibility index (Phi) is 4.42. The van der Waals surface area contributed by atoms with Crippen LogP contribution in [0.3, 0.4) is 0 Å². The first-order valence-corrected chi connectivity index (χ1v) is 8.77. The Hall–Kier alpha value is -3.47. The second kappa shape index (κ2) is 7.03. The second-order valence-electron chi connectivity index (χ2n) is 6.40. The number of hydrogen-bond donors (Lipinski definition) is 0. The van der Waals surface area contributed by atoms with Gasteiger partial charge in [0.2, 0.25) is 0 Å². The van der Waals surface area contributed by atoms with Crippen LogP contribution in [0.4, 0.5) is 11.5 Å². The molecule has 0 spiro atoms. The van der Waals surface area contributed by atoms with Crippen LogP contribution in [0.15, 0.2) is 77.1 Å². The summed E-state index contributed by atoms with van der Waals surface area (Å²) in [6.45, 7) is 4.07. The summed E-state index contributed by atoms with van der Waals surface area (Å²) < 4.78 is 7.51. The minimum atomic E-state index is 0.678. The molecule has 4 aromatic rings. The molecule has 134 valence electrons. The molecular formula is C22H20N4O. The standard InChI is InChI=1S/C22H20N4O/c1-15-11-12-19(27-3)17(14-15)21-22(26-13-7-6-10-20(26)23-21)25-24-18-9-5-4-8-16(18)2/h4-14H,1-3H3. The zero-order chi connectivity index (χ0) is 18.8. The monoisotopic (exact) mass is 356 g/mol. The lowest BCUT2D eigenvalue weighted by molar-refractivity contribution is 0.416. The largest absolute Gasteiger partial charge is 0.496 e. The molecule has 0 bridgehead atoms. The molecule has 0 saturated carbocycles. The van der Waals surface area contributed by atoms with E-state index in [9.17, 15) is 0 Å². The summed E-state index contributed by atoms with van der Waals surface area (Å²) in [7, 11) is 1.67. The average Bonchev–Trinajstić information content (AvgIpc) is 3.06. The van der Waals surface area contributed by atoms with Crippen LogP contribution in [0.1, 0.15) is 11.1 Å². The van der Waals surface area contributed by atoms with Crippen molar-refractivity contribution >= 4 is 17.2 Å². The first kappa shape index (κ1) is 17.0. The number of pyridine rings is 1. The number of azo groups is 1. The van der Waals surface area contributed by atoms with Gasteiger partial charge in [-0.1, -0.05) is 35.9 Å². The second-order valence-corrected chi connectivity index (χ2v) is 6.40. The fourth-order valence-corrected chi connectivity index (χ4v) is 3.04. The highest BCUT2D eigenvalue weighted by atomic mass is 16.5. The summed E-state index contributed by atoms with van der Waals surface area (Å²) in [5, 5.41) is 9.06. The van der Waals surface area contributed by atoms with E-state index in [1.54, 1.807) is 7.11 Å². The van der Waals surface area contributed by atoms with E-state index >= 15 is 0 Å². The van der Waals surface area contributed by atoms with Gasteiger partial charge in [0.25, 0.3) is 0 Å². The van der Waals surface area contributed by atoms with E-state index in [0.29, 0.717) is 5.82 Å². The summed E-state index contributed by atoms with van der Waals surface area (Å²) in [5.41, 5.74) is 5.51. The van der Waals surface area contributed by atoms with Crippen LogP contribution < -0.4 is 4.74 Å². The van der Waals surface area contributed by atoms with E-state index in [0.717, 1.165) is 39.5 Å². The van der Waals surface area contributed by atoms with Gasteiger partial charge in [0.05, 0.1) is 12.8 Å². The zero-order valence-corrected chi connectivity index (χ0v) is 15.5. The Morgan fingerprint density at radius 1 is 0.926 bits per heavy atom. The SMILES string of the molecule is COc1ccc(C)cc1-c1nc2ccccn2c1N=Nc1ccccc1C. The fourth-order valence-electron chi connectivity index (χ4n) is 3.04. The number of aromatic nitrogens is 2. The third kappa shape index (κ3) is 3.19. The molecule has 0 atom stereocenters. The summed E-state index contributed by atoms with van der Waals surface area (Å²) in [6, 6.07) is 19.8. The molecule has 0 aliphatic carbocycles. The van der Waals surface area contributed by atoms with Gasteiger partial charge in [0.1, 0.15) is 17.1 Å². The Balaban J connectivity index is 1.93. The van der Waals surface area contributed by atoms with Crippen LogP contribution in [0.5, 0.6) is 5.75 Å². The van der Waals surface area contributed by atoms with Crippen molar-refractivity contribution < 1.29 is 4.74 Å². The normalized spacial score (nSPS) is 11.4. The zero-order valence-electron chi connectivity index (χ0n) is 15.5. The van der Waals surface area contributed by atoms with Crippen molar-refractivity contribution in [3.05, 3.63) is 78.0 Å². The fraction of sp³-hybridized carbons (Fsp3) is 0.136. The van der Waals surface area contributed by atoms with E-state index in [4.69, 9.17) is 9.72 Å². The van der Waals surface area contributed by atoms with Gasteiger partial charge in [0, 0.05) is 11.8 Å². The average molecular weight is 356 g/mol. The van der Waals surface area contributed by atoms with E-state index in [2.05, 4.69) is 16.3 Å². The molecule has 0 N–H and O–H groups in total. The van der Waals surface area contributed by atoms with Gasteiger partial charge in [-0.2, -0.15) is 0 Å². The number of ether oxygens (including phenoxy) is 1. The van der Waals surface area contributed by atoms with E-state index in [1.807, 2.05) is 79.0 Å². The maximum atomic E-state index is 5.57. The van der Waals surface area contributed by atoms with Crippen LogP contribution in [0.2, 0.25) is 0 Å². The number of aryl methyl sites for hydroxylation is 2. The highest BCUT2D eigenvalue weighted by molar-refractivity contribution is 5.79. The minimum Gasteiger partial charge on any atom is -0.496 e. The van der Waals surface area contributed by atoms with Crippen LogP contribution in [0.25, 0.3) is 16.9 Å². The molecule has 4 rings (SSSR count). The van der Waals surface area contributed by atoms with Crippen molar-refractivity contribution in [3.8, 4) is 17.0 Å². The Morgan fingerprint density at radius 2 is 1.74 bits per heavy atom. The van der Waals surface area contributed by atoms with Crippen LogP contribution in [-0.4, -0.2) is 16.5 Å². The van der Waals surface area contributed by atoms with Crippen molar-refractivity contribution in [1.29, 1.82) is 0 Å². The smallest absolute Gasteiger partial charge is 0.187 e. The molecule has 0 aliphatic heterocycles. The predicted molar refractivity (Wildman–Crippen MR) is 107 cm³/mol. The molecule has 0 radical (unpaired) electrons. The molecule has 0 amide bonds. The van der Waals surface area contributed by atoms with Crippen LogP contribution >= 0.6 is 0 Å². The summed E-state index contributed by atoms with van der Waals surface area (Å²) in [6.07, 6.45) is 1.94. The molecule has 5 heteroatoms. The van der Waals surface area contributed by atoms with Crippen molar-refractivity contribution in [2.45, 2.75) is 13.8 Å². The number of methoxy groups -OCH3 is 1. The first-order valence-electron chi connectivity index (χ1n) is 8.77. The van der Waals surface area contributed by atoms with Gasteiger partial charge in [-0.25, -0.2) is 4.98 Å². The van der Waals surface area contributed by atoms with Crippen LogP contribution in [0, 0.1) is 13.8 Å². The Bertz CT molecular complexity index is 1140. The number of rotatable bonds is 4. The highest BCUT2D eigenvalue weighted by Gasteiger charge is 2.17. The number of imidazole rings is 1. The molecule has 2 aromatic heterocycles. The third-order valence-corrected chi connectivity index (χ3v) is 4.48. The number of nitrogens with zero attached hydrogens (tertiary/aromatic N) is 4. The summed E-state index contributed by atoms with van der Waals surface area (Å²) in [4.78, 5) is 4.80. The van der Waals surface area contributed by atoms with Gasteiger partial charge in [-0.05, 0) is 49.7 Å². The van der Waals surface area contributed by atoms with E-state index < -0.39 is 0 Å². The molecule has 5 nitrogen and oxygen atoms in total. The highest BCUT2D eigenvalue weighted by Crippen LogP contribution is 2.38. The van der Waals surface area contributed by atoms with Crippen molar-refractivity contribution in [2.75, 3.05) is 7.11 Å². The summed E-state index contributed by atoms with van der Waals surface area (Å²) in [5.74, 6) is 1.44. The quantitative estimate of drug-likeness (QED) is 0.418. The number of fused-ring (bicyclic) bond motifs is 1. The Labute approximate surface area is 158 Å². The minimum absolute atomic E-state index is 0.678. The van der Waals surface area contributed by atoms with E-state index in [1.165, 1.54) is 0 Å². The van der Waals surface area contributed by atoms with Crippen molar-refractivity contribution in [2.24, 2.45) is 10.2 Å². The predicted octanol–water partition coefficient (Wildman–Crippen LogP) is 6.04. The molecular weight excluding hydrogens is 336 g/mol. The van der Waals surface area contributed by atoms with Gasteiger partial charge >= 0.3 is 0 Å². The Morgan fingerprint density at radius 3 is 2.56 bits per heavy atom. The molecule has 0 saturated heterocycles. The molecule has 0 unspecified atom stereocenters. The van der Waals surface area contributed by atoms with Gasteiger partial charge in [-0.15, -0.1) is 10.2 Å². The van der Waals surface area contributed by atoms with Gasteiger partial charge in [0.15, 0.2) is 5.82 Å². The molecule has 27 heavy (non-hydrogen) atoms. The lowest BCUT2D eigenvalue weighted by atomic mass is 10.1. The van der Waals surface area contributed by atoms with E-state index in [-0.39, 0.29) is 0 Å². The number of benzene rings is 2. The van der Waals surface area contributed by atoms with Gasteiger partial charge in [-0.3, -0.25) is 4.40 Å². The van der Waals surface area contributed by atoms with Gasteiger partial charge < -0.3 is 4.74 Å². The number of hydrogen-bond acceptors (Lipinski definition) is 4. The topological polar surface area (TPSA) is 51.2 Å². The first-order chi connectivity index (χ1) is 13.2. The maximum Gasteiger partial charge on any atom is 0.187 e. The van der Waals surface area contributed by atoms with Crippen molar-refractivity contribution in [1.82, 2.24) is 9.38 Å². The molecule has 2 aromatic carbocycles. The molecule has 0 fully saturated rings. The molecule has 2 heterocycles.